The minimum Gasteiger partial charge on any atom is -0.370 e. The van der Waals surface area contributed by atoms with Gasteiger partial charge in [0.2, 0.25) is 0 Å². The van der Waals surface area contributed by atoms with E-state index in [4.69, 9.17) is 15.3 Å². The molecule has 6 heteroatoms. The Bertz CT molecular complexity index is 221. The molecule has 0 aromatic rings. The van der Waals surface area contributed by atoms with Crippen molar-refractivity contribution in [1.29, 1.82) is 0 Å². The van der Waals surface area contributed by atoms with Gasteiger partial charge in [0.1, 0.15) is 0 Å². The van der Waals surface area contributed by atoms with Crippen molar-refractivity contribution >= 4 is 8.56 Å². The second-order valence-corrected chi connectivity index (χ2v) is 7.88. The van der Waals surface area contributed by atoms with E-state index in [9.17, 15) is 0 Å². The SMILES string of the molecule is C[Si](CCC1CCC2OC2C1)(OO)OO. The van der Waals surface area contributed by atoms with Crippen LogP contribution < -0.4 is 0 Å². The normalized spacial score (nSPS) is 35.0. The summed E-state index contributed by atoms with van der Waals surface area (Å²) in [6.07, 6.45) is 5.34. The van der Waals surface area contributed by atoms with E-state index >= 15 is 0 Å². The molecule has 1 aliphatic carbocycles. The van der Waals surface area contributed by atoms with Gasteiger partial charge in [0, 0.05) is 0 Å². The first kappa shape index (κ1) is 11.5. The highest BCUT2D eigenvalue weighted by Crippen LogP contribution is 2.41. The van der Waals surface area contributed by atoms with Gasteiger partial charge in [-0.25, -0.2) is 0 Å². The fraction of sp³-hybridized carbons (Fsp3) is 1.00. The molecule has 0 aromatic carbocycles. The van der Waals surface area contributed by atoms with Crippen LogP contribution in [-0.2, 0) is 13.9 Å². The zero-order chi connectivity index (χ0) is 10.9. The number of hydrogen-bond acceptors (Lipinski definition) is 5. The van der Waals surface area contributed by atoms with Gasteiger partial charge < -0.3 is 4.74 Å². The smallest absolute Gasteiger partial charge is 0.370 e. The Balaban J connectivity index is 1.72. The highest BCUT2D eigenvalue weighted by atomic mass is 28.4. The summed E-state index contributed by atoms with van der Waals surface area (Å²) < 4.78 is 13.9. The monoisotopic (exact) mass is 234 g/mol. The predicted molar refractivity (Wildman–Crippen MR) is 54.5 cm³/mol. The molecule has 0 bridgehead atoms. The third kappa shape index (κ3) is 2.77. The van der Waals surface area contributed by atoms with Gasteiger partial charge in [-0.15, -0.1) is 0 Å². The molecule has 88 valence electrons. The van der Waals surface area contributed by atoms with Gasteiger partial charge in [0.05, 0.1) is 12.2 Å². The maximum atomic E-state index is 8.63. The summed E-state index contributed by atoms with van der Waals surface area (Å²) in [5.74, 6) is 0.617. The molecule has 2 N–H and O–H groups in total. The Morgan fingerprint density at radius 3 is 2.60 bits per heavy atom. The topological polar surface area (TPSA) is 71.5 Å². The molecule has 0 radical (unpaired) electrons. The Morgan fingerprint density at radius 2 is 2.00 bits per heavy atom. The van der Waals surface area contributed by atoms with E-state index in [1.807, 2.05) is 0 Å². The first-order valence-electron chi connectivity index (χ1n) is 5.47. The summed E-state index contributed by atoms with van der Waals surface area (Å²) in [6.45, 7) is 1.65. The van der Waals surface area contributed by atoms with E-state index in [0.717, 1.165) is 19.3 Å². The van der Waals surface area contributed by atoms with Crippen molar-refractivity contribution in [3.8, 4) is 0 Å². The number of hydrogen-bond donors (Lipinski definition) is 2. The zero-order valence-corrected chi connectivity index (χ0v) is 9.89. The molecular formula is C9H18O5Si. The molecular weight excluding hydrogens is 216 g/mol. The lowest BCUT2D eigenvalue weighted by molar-refractivity contribution is -0.238. The standard InChI is InChI=1S/C9H18O5Si/c1-15(13-10,14-11)5-4-7-2-3-8-9(6-7)12-8/h7-11H,2-6H2,1H3. The quantitative estimate of drug-likeness (QED) is 0.329. The number of fused-ring (bicyclic) bond motifs is 1. The molecule has 3 unspecified atom stereocenters. The summed E-state index contributed by atoms with van der Waals surface area (Å²) in [5.41, 5.74) is 0. The van der Waals surface area contributed by atoms with E-state index in [1.54, 1.807) is 6.55 Å². The average molecular weight is 234 g/mol. The maximum Gasteiger partial charge on any atom is 0.406 e. The van der Waals surface area contributed by atoms with Crippen LogP contribution in [0.25, 0.3) is 0 Å². The van der Waals surface area contributed by atoms with Gasteiger partial charge in [-0.2, -0.15) is 0 Å². The van der Waals surface area contributed by atoms with E-state index in [-0.39, 0.29) is 0 Å². The van der Waals surface area contributed by atoms with Gasteiger partial charge in [0.25, 0.3) is 0 Å². The summed E-state index contributed by atoms with van der Waals surface area (Å²) in [5, 5.41) is 17.3. The van der Waals surface area contributed by atoms with Crippen molar-refractivity contribution in [3.63, 3.8) is 0 Å². The van der Waals surface area contributed by atoms with Gasteiger partial charge in [-0.1, -0.05) is 0 Å². The largest absolute Gasteiger partial charge is 0.406 e. The van der Waals surface area contributed by atoms with Crippen molar-refractivity contribution in [2.45, 2.75) is 50.5 Å². The summed E-state index contributed by atoms with van der Waals surface area (Å²) >= 11 is 0. The molecule has 1 saturated carbocycles. The first-order valence-corrected chi connectivity index (χ1v) is 8.00. The molecule has 5 nitrogen and oxygen atoms in total. The van der Waals surface area contributed by atoms with Crippen LogP contribution in [0.15, 0.2) is 0 Å². The molecule has 2 rings (SSSR count). The molecule has 3 atom stereocenters. The van der Waals surface area contributed by atoms with Crippen molar-refractivity contribution in [3.05, 3.63) is 0 Å². The van der Waals surface area contributed by atoms with E-state index in [1.165, 1.54) is 6.42 Å². The average Bonchev–Trinajstić information content (AvgIpc) is 3.04. The first-order chi connectivity index (χ1) is 7.17. The minimum absolute atomic E-state index is 0.474. The van der Waals surface area contributed by atoms with Crippen LogP contribution in [-0.4, -0.2) is 31.3 Å². The Kier molecular flexibility index (Phi) is 3.44. The van der Waals surface area contributed by atoms with Crippen LogP contribution >= 0.6 is 0 Å². The zero-order valence-electron chi connectivity index (χ0n) is 8.89. The molecule has 2 aliphatic rings. The van der Waals surface area contributed by atoms with Gasteiger partial charge in [-0.3, -0.25) is 19.7 Å². The molecule has 2 fully saturated rings. The minimum atomic E-state index is -2.72. The molecule has 0 aromatic heterocycles. The molecule has 0 spiro atoms. The fourth-order valence-electron chi connectivity index (χ4n) is 2.32. The lowest BCUT2D eigenvalue weighted by atomic mass is 9.88. The second kappa shape index (κ2) is 4.48. The molecule has 0 amide bonds. The third-order valence-electron chi connectivity index (χ3n) is 3.51. The number of ether oxygens (including phenoxy) is 1. The van der Waals surface area contributed by atoms with Gasteiger partial charge in [-0.05, 0) is 44.2 Å². The van der Waals surface area contributed by atoms with Crippen molar-refractivity contribution in [2.75, 3.05) is 0 Å². The number of rotatable bonds is 5. The molecule has 1 saturated heterocycles. The predicted octanol–water partition coefficient (Wildman–Crippen LogP) is 2.00. The van der Waals surface area contributed by atoms with Crippen molar-refractivity contribution in [1.82, 2.24) is 0 Å². The van der Waals surface area contributed by atoms with Gasteiger partial charge in [0.15, 0.2) is 0 Å². The van der Waals surface area contributed by atoms with Crippen LogP contribution in [0.1, 0.15) is 25.7 Å². The van der Waals surface area contributed by atoms with E-state index in [0.29, 0.717) is 24.2 Å². The van der Waals surface area contributed by atoms with Crippen LogP contribution in [0.4, 0.5) is 0 Å². The summed E-state index contributed by atoms with van der Waals surface area (Å²) in [6, 6.07) is 0.613. The Morgan fingerprint density at radius 1 is 1.27 bits per heavy atom. The molecule has 15 heavy (non-hydrogen) atoms. The van der Waals surface area contributed by atoms with E-state index in [2.05, 4.69) is 9.15 Å². The molecule has 1 aliphatic heterocycles. The number of epoxide rings is 1. The summed E-state index contributed by atoms with van der Waals surface area (Å²) in [7, 11) is -2.72. The second-order valence-electron chi connectivity index (χ2n) is 4.75. The lowest BCUT2D eigenvalue weighted by Crippen LogP contribution is -2.37. The van der Waals surface area contributed by atoms with Crippen LogP contribution in [0, 0.1) is 5.92 Å². The molecule has 1 heterocycles. The Hall–Kier alpha value is 0.0169. The third-order valence-corrected chi connectivity index (χ3v) is 5.47. The maximum absolute atomic E-state index is 8.63. The highest BCUT2D eigenvalue weighted by molar-refractivity contribution is 6.65. The summed E-state index contributed by atoms with van der Waals surface area (Å²) in [4.78, 5) is 0. The van der Waals surface area contributed by atoms with E-state index < -0.39 is 8.56 Å². The van der Waals surface area contributed by atoms with Crippen molar-refractivity contribution in [2.24, 2.45) is 5.92 Å². The highest BCUT2D eigenvalue weighted by Gasteiger charge is 2.44. The van der Waals surface area contributed by atoms with Crippen LogP contribution in [0.5, 0.6) is 0 Å². The van der Waals surface area contributed by atoms with Crippen molar-refractivity contribution < 1.29 is 24.4 Å². The van der Waals surface area contributed by atoms with Gasteiger partial charge >= 0.3 is 8.56 Å². The van der Waals surface area contributed by atoms with Crippen LogP contribution in [0.2, 0.25) is 12.6 Å². The fourth-order valence-corrected chi connectivity index (χ4v) is 3.47. The van der Waals surface area contributed by atoms with Crippen LogP contribution in [0.3, 0.4) is 0 Å². The Labute approximate surface area is 90.1 Å². The lowest BCUT2D eigenvalue weighted by Gasteiger charge is -2.23.